The lowest BCUT2D eigenvalue weighted by atomic mass is 10.2. The van der Waals surface area contributed by atoms with E-state index in [1.807, 2.05) is 41.3 Å². The third-order valence-electron chi connectivity index (χ3n) is 5.30. The van der Waals surface area contributed by atoms with Crippen molar-refractivity contribution in [2.75, 3.05) is 26.2 Å². The third-order valence-corrected chi connectivity index (χ3v) is 6.80. The molecule has 0 spiro atoms. The Morgan fingerprint density at radius 2 is 1.65 bits per heavy atom. The highest BCUT2D eigenvalue weighted by Gasteiger charge is 2.24. The lowest BCUT2D eigenvalue weighted by Gasteiger charge is -2.34. The molecule has 0 saturated carbocycles. The Hall–Kier alpha value is -2.41. The van der Waals surface area contributed by atoms with E-state index in [0.29, 0.717) is 35.4 Å². The van der Waals surface area contributed by atoms with Crippen LogP contribution < -0.4 is 0 Å². The van der Waals surface area contributed by atoms with Crippen LogP contribution >= 0.6 is 11.6 Å². The largest absolute Gasteiger partial charge is 0.455 e. The minimum atomic E-state index is -1.14. The Bertz CT molecular complexity index is 1050. The molecule has 1 aromatic heterocycles. The summed E-state index contributed by atoms with van der Waals surface area (Å²) in [5, 5.41) is 0.629. The van der Waals surface area contributed by atoms with Crippen molar-refractivity contribution in [2.24, 2.45) is 0 Å². The second kappa shape index (κ2) is 10.3. The summed E-state index contributed by atoms with van der Waals surface area (Å²) in [6.07, 6.45) is 0. The first-order valence-corrected chi connectivity index (χ1v) is 12.2. The number of halogens is 1. The molecule has 31 heavy (non-hydrogen) atoms. The maximum atomic E-state index is 12.8. The van der Waals surface area contributed by atoms with Gasteiger partial charge in [0.1, 0.15) is 5.76 Å². The van der Waals surface area contributed by atoms with Crippen LogP contribution in [0.2, 0.25) is 5.02 Å². The summed E-state index contributed by atoms with van der Waals surface area (Å²) < 4.78 is 18.2. The highest BCUT2D eigenvalue weighted by molar-refractivity contribution is 7.83. The first kappa shape index (κ1) is 21.8. The molecule has 0 N–H and O–H groups in total. The Labute approximate surface area is 190 Å². The van der Waals surface area contributed by atoms with E-state index < -0.39 is 10.8 Å². The zero-order valence-electron chi connectivity index (χ0n) is 17.2. The lowest BCUT2D eigenvalue weighted by Crippen LogP contribution is -2.48. The summed E-state index contributed by atoms with van der Waals surface area (Å²) in [7, 11) is -1.14. The average Bonchev–Trinajstić information content (AvgIpc) is 3.23. The number of benzene rings is 2. The van der Waals surface area contributed by atoms with Crippen LogP contribution in [0.15, 0.2) is 71.1 Å². The van der Waals surface area contributed by atoms with Gasteiger partial charge in [-0.1, -0.05) is 54.1 Å². The minimum Gasteiger partial charge on any atom is -0.455 e. The first-order chi connectivity index (χ1) is 15.1. The van der Waals surface area contributed by atoms with Gasteiger partial charge in [0.25, 0.3) is 5.91 Å². The van der Waals surface area contributed by atoms with Gasteiger partial charge in [-0.2, -0.15) is 0 Å². The zero-order chi connectivity index (χ0) is 21.6. The first-order valence-electron chi connectivity index (χ1n) is 10.3. The Kier molecular flexibility index (Phi) is 7.22. The lowest BCUT2D eigenvalue weighted by molar-refractivity contribution is 0.0596. The van der Waals surface area contributed by atoms with E-state index in [9.17, 15) is 9.00 Å². The molecule has 1 saturated heterocycles. The van der Waals surface area contributed by atoms with Crippen molar-refractivity contribution < 1.29 is 13.4 Å². The maximum Gasteiger partial charge on any atom is 0.289 e. The molecule has 4 rings (SSSR count). The highest BCUT2D eigenvalue weighted by atomic mass is 35.5. The summed E-state index contributed by atoms with van der Waals surface area (Å²) in [6.45, 7) is 3.90. The van der Waals surface area contributed by atoms with Crippen molar-refractivity contribution in [3.05, 3.63) is 94.4 Å². The van der Waals surface area contributed by atoms with Gasteiger partial charge in [0.05, 0.1) is 5.75 Å². The number of rotatable bonds is 7. The molecule has 1 aliphatic heterocycles. The molecule has 0 aliphatic carbocycles. The monoisotopic (exact) mass is 456 g/mol. The van der Waals surface area contributed by atoms with Crippen LogP contribution in [-0.2, 0) is 28.9 Å². The molecule has 5 nitrogen and oxygen atoms in total. The molecule has 1 aliphatic rings. The van der Waals surface area contributed by atoms with Crippen LogP contribution in [-0.4, -0.2) is 46.1 Å². The van der Waals surface area contributed by atoms with E-state index in [4.69, 9.17) is 16.0 Å². The van der Waals surface area contributed by atoms with Crippen molar-refractivity contribution in [1.82, 2.24) is 9.80 Å². The molecular weight excluding hydrogens is 432 g/mol. The van der Waals surface area contributed by atoms with Gasteiger partial charge >= 0.3 is 0 Å². The van der Waals surface area contributed by atoms with E-state index in [1.165, 1.54) is 5.56 Å². The number of amides is 1. The van der Waals surface area contributed by atoms with Gasteiger partial charge in [0.2, 0.25) is 0 Å². The predicted molar refractivity (Wildman–Crippen MR) is 123 cm³/mol. The summed E-state index contributed by atoms with van der Waals surface area (Å²) in [5.74, 6) is 1.43. The van der Waals surface area contributed by atoms with Gasteiger partial charge in [-0.05, 0) is 35.4 Å². The van der Waals surface area contributed by atoms with Gasteiger partial charge < -0.3 is 9.32 Å². The van der Waals surface area contributed by atoms with Gasteiger partial charge in [-0.3, -0.25) is 13.9 Å². The molecule has 2 heterocycles. The fourth-order valence-electron chi connectivity index (χ4n) is 3.70. The van der Waals surface area contributed by atoms with Gasteiger partial charge in [0.15, 0.2) is 5.76 Å². The summed E-state index contributed by atoms with van der Waals surface area (Å²) in [5.41, 5.74) is 2.20. The normalized spacial score (nSPS) is 15.7. The number of hydrogen-bond acceptors (Lipinski definition) is 4. The Balaban J connectivity index is 1.28. The van der Waals surface area contributed by atoms with Crippen LogP contribution in [0.1, 0.15) is 27.4 Å². The molecule has 1 amide bonds. The minimum absolute atomic E-state index is 0.105. The van der Waals surface area contributed by atoms with E-state index in [-0.39, 0.29) is 11.7 Å². The molecule has 1 atom stereocenters. The zero-order valence-corrected chi connectivity index (χ0v) is 18.8. The third kappa shape index (κ3) is 6.06. The fraction of sp³-hybridized carbons (Fsp3) is 0.292. The van der Waals surface area contributed by atoms with Crippen LogP contribution in [0.5, 0.6) is 0 Å². The summed E-state index contributed by atoms with van der Waals surface area (Å²) in [6, 6.07) is 21.1. The predicted octanol–water partition coefficient (Wildman–Crippen LogP) is 4.34. The molecular formula is C24H25ClN2O3S. The number of carbonyl (C=O) groups is 1. The average molecular weight is 457 g/mol. The quantitative estimate of drug-likeness (QED) is 0.530. The number of carbonyl (C=O) groups excluding carboxylic acids is 1. The molecule has 0 radical (unpaired) electrons. The number of furan rings is 1. The Morgan fingerprint density at radius 3 is 2.39 bits per heavy atom. The van der Waals surface area contributed by atoms with Crippen LogP contribution in [0.3, 0.4) is 0 Å². The molecule has 7 heteroatoms. The van der Waals surface area contributed by atoms with Crippen LogP contribution in [0, 0.1) is 0 Å². The SMILES string of the molecule is O=C(c1ccc(C[S@@](=O)Cc2cccc(Cl)c2)o1)N1CCN(Cc2ccccc2)CC1. The molecule has 1 fully saturated rings. The van der Waals surface area contributed by atoms with E-state index in [0.717, 1.165) is 25.2 Å². The topological polar surface area (TPSA) is 53.8 Å². The van der Waals surface area contributed by atoms with Gasteiger partial charge in [-0.25, -0.2) is 0 Å². The van der Waals surface area contributed by atoms with Crippen molar-refractivity contribution in [1.29, 1.82) is 0 Å². The summed E-state index contributed by atoms with van der Waals surface area (Å²) in [4.78, 5) is 17.0. The second-order valence-electron chi connectivity index (χ2n) is 7.68. The number of nitrogens with zero attached hydrogens (tertiary/aromatic N) is 2. The van der Waals surface area contributed by atoms with Crippen molar-refractivity contribution >= 4 is 28.3 Å². The molecule has 162 valence electrons. The fourth-order valence-corrected chi connectivity index (χ4v) is 5.04. The molecule has 0 bridgehead atoms. The van der Waals surface area contributed by atoms with Crippen molar-refractivity contribution in [2.45, 2.75) is 18.1 Å². The number of hydrogen-bond donors (Lipinski definition) is 0. The second-order valence-corrected chi connectivity index (χ2v) is 9.57. The molecule has 3 aromatic rings. The standard InChI is InChI=1S/C24H25ClN2O3S/c25-21-8-4-7-20(15-21)17-31(29)18-22-9-10-23(30-22)24(28)27-13-11-26(12-14-27)16-19-5-2-1-3-6-19/h1-10,15H,11-14,16-18H2/t31-/m0/s1. The van der Waals surface area contributed by atoms with Crippen molar-refractivity contribution in [3.63, 3.8) is 0 Å². The van der Waals surface area contributed by atoms with E-state index in [1.54, 1.807) is 18.2 Å². The molecule has 2 aromatic carbocycles. The van der Waals surface area contributed by atoms with Gasteiger partial charge in [0, 0.05) is 54.3 Å². The smallest absolute Gasteiger partial charge is 0.289 e. The number of piperazine rings is 1. The maximum absolute atomic E-state index is 12.8. The van der Waals surface area contributed by atoms with E-state index in [2.05, 4.69) is 17.0 Å². The van der Waals surface area contributed by atoms with Crippen molar-refractivity contribution in [3.8, 4) is 0 Å². The molecule has 0 unspecified atom stereocenters. The Morgan fingerprint density at radius 1 is 0.903 bits per heavy atom. The van der Waals surface area contributed by atoms with Gasteiger partial charge in [-0.15, -0.1) is 0 Å². The summed E-state index contributed by atoms with van der Waals surface area (Å²) >= 11 is 5.99. The van der Waals surface area contributed by atoms with Crippen LogP contribution in [0.4, 0.5) is 0 Å². The highest BCUT2D eigenvalue weighted by Crippen LogP contribution is 2.17. The van der Waals surface area contributed by atoms with Crippen LogP contribution in [0.25, 0.3) is 0 Å². The van der Waals surface area contributed by atoms with E-state index >= 15 is 0 Å².